The van der Waals surface area contributed by atoms with Crippen molar-refractivity contribution < 1.29 is 9.59 Å². The predicted octanol–water partition coefficient (Wildman–Crippen LogP) is 4.84. The summed E-state index contributed by atoms with van der Waals surface area (Å²) in [6, 6.07) is 15.5. The molecule has 2 heterocycles. The van der Waals surface area contributed by atoms with Gasteiger partial charge in [-0.15, -0.1) is 0 Å². The number of hydrogen-bond acceptors (Lipinski definition) is 3. The van der Waals surface area contributed by atoms with Gasteiger partial charge < -0.3 is 10.2 Å². The maximum atomic E-state index is 13.7. The van der Waals surface area contributed by atoms with Crippen LogP contribution in [0.25, 0.3) is 10.9 Å². The number of rotatable bonds is 3. The zero-order valence-corrected chi connectivity index (χ0v) is 17.1. The van der Waals surface area contributed by atoms with Crippen LogP contribution in [0, 0.1) is 6.92 Å². The van der Waals surface area contributed by atoms with E-state index in [1.54, 1.807) is 6.20 Å². The van der Waals surface area contributed by atoms with Gasteiger partial charge in [-0.1, -0.05) is 37.5 Å². The Hall–Kier alpha value is -3.21. The van der Waals surface area contributed by atoms with Crippen LogP contribution in [0.5, 0.6) is 0 Å². The lowest BCUT2D eigenvalue weighted by Crippen LogP contribution is -2.58. The molecule has 1 aliphatic heterocycles. The fraction of sp³-hybridized carbons (Fsp3) is 0.320. The van der Waals surface area contributed by atoms with Crippen LogP contribution in [0.4, 0.5) is 5.69 Å². The molecular weight excluding hydrogens is 374 g/mol. The van der Waals surface area contributed by atoms with Crippen molar-refractivity contribution >= 4 is 28.4 Å². The number of fused-ring (bicyclic) bond motifs is 2. The third-order valence-electron chi connectivity index (χ3n) is 6.68. The molecule has 3 aromatic rings. The number of carbonyl (C=O) groups is 2. The smallest absolute Gasteiger partial charge is 0.255 e. The third kappa shape index (κ3) is 2.96. The lowest BCUT2D eigenvalue weighted by molar-refractivity contribution is -0.129. The molecule has 1 fully saturated rings. The van der Waals surface area contributed by atoms with Crippen molar-refractivity contribution in [2.24, 2.45) is 0 Å². The highest BCUT2D eigenvalue weighted by atomic mass is 16.2. The van der Waals surface area contributed by atoms with Crippen LogP contribution in [0.3, 0.4) is 0 Å². The molecule has 1 aromatic heterocycles. The highest BCUT2D eigenvalue weighted by Crippen LogP contribution is 2.40. The Bertz CT molecular complexity index is 1150. The minimum Gasteiger partial charge on any atom is -0.324 e. The molecule has 2 aliphatic rings. The van der Waals surface area contributed by atoms with Gasteiger partial charge in [-0.2, -0.15) is 0 Å². The normalized spacial score (nSPS) is 17.8. The maximum absolute atomic E-state index is 13.7. The molecule has 1 aliphatic carbocycles. The van der Waals surface area contributed by atoms with Crippen LogP contribution in [0.15, 0.2) is 54.7 Å². The van der Waals surface area contributed by atoms with Crippen LogP contribution >= 0.6 is 0 Å². The Labute approximate surface area is 176 Å². The Kier molecular flexibility index (Phi) is 4.54. The summed E-state index contributed by atoms with van der Waals surface area (Å²) >= 11 is 0. The molecule has 5 nitrogen and oxygen atoms in total. The zero-order valence-electron chi connectivity index (χ0n) is 17.1. The van der Waals surface area contributed by atoms with Gasteiger partial charge >= 0.3 is 0 Å². The third-order valence-corrected chi connectivity index (χ3v) is 6.68. The van der Waals surface area contributed by atoms with E-state index >= 15 is 0 Å². The lowest BCUT2D eigenvalue weighted by Gasteiger charge is -2.43. The first-order valence-corrected chi connectivity index (χ1v) is 10.7. The Morgan fingerprint density at radius 3 is 2.70 bits per heavy atom. The van der Waals surface area contributed by atoms with Crippen LogP contribution < -0.4 is 5.32 Å². The first-order valence-electron chi connectivity index (χ1n) is 10.7. The number of nitrogens with one attached hydrogen (secondary N) is 1. The number of aromatic nitrogens is 1. The summed E-state index contributed by atoms with van der Waals surface area (Å²) < 4.78 is 0. The monoisotopic (exact) mass is 399 g/mol. The molecular formula is C25H25N3O2. The number of amides is 2. The molecule has 1 saturated carbocycles. The van der Waals surface area contributed by atoms with Crippen molar-refractivity contribution in [3.05, 3.63) is 71.4 Å². The van der Waals surface area contributed by atoms with Crippen molar-refractivity contribution in [2.75, 3.05) is 5.32 Å². The molecule has 5 rings (SSSR count). The Morgan fingerprint density at radius 2 is 1.90 bits per heavy atom. The number of anilines is 1. The van der Waals surface area contributed by atoms with Crippen molar-refractivity contribution in [1.29, 1.82) is 0 Å². The molecule has 152 valence electrons. The van der Waals surface area contributed by atoms with Crippen molar-refractivity contribution in [3.63, 3.8) is 0 Å². The minimum atomic E-state index is -0.801. The van der Waals surface area contributed by atoms with Crippen molar-refractivity contribution in [2.45, 2.75) is 51.1 Å². The highest BCUT2D eigenvalue weighted by molar-refractivity contribution is 6.06. The van der Waals surface area contributed by atoms with E-state index in [1.165, 1.54) is 0 Å². The first kappa shape index (κ1) is 18.8. The second-order valence-corrected chi connectivity index (χ2v) is 8.45. The standard InChI is InChI=1S/C25H25N3O2/c1-17-7-5-9-20-21(17)16-28(23(20)29)25(12-3-2-4-13-25)24(30)27-19-10-11-22-18(15-19)8-6-14-26-22/h5-11,14-15H,2-4,12-13,16H2,1H3,(H,27,30). The molecule has 0 bridgehead atoms. The van der Waals surface area contributed by atoms with E-state index in [9.17, 15) is 9.59 Å². The summed E-state index contributed by atoms with van der Waals surface area (Å²) in [5.41, 5.74) is 3.73. The number of benzene rings is 2. The summed E-state index contributed by atoms with van der Waals surface area (Å²) in [6.45, 7) is 2.54. The molecule has 0 saturated heterocycles. The van der Waals surface area contributed by atoms with Gasteiger partial charge in [0.25, 0.3) is 5.91 Å². The maximum Gasteiger partial charge on any atom is 0.255 e. The molecule has 0 spiro atoms. The molecule has 5 heteroatoms. The molecule has 1 N–H and O–H groups in total. The van der Waals surface area contributed by atoms with E-state index in [4.69, 9.17) is 0 Å². The molecule has 2 aromatic carbocycles. The summed E-state index contributed by atoms with van der Waals surface area (Å²) in [5, 5.41) is 4.10. The number of aryl methyl sites for hydroxylation is 1. The van der Waals surface area contributed by atoms with Gasteiger partial charge in [0.2, 0.25) is 5.91 Å². The van der Waals surface area contributed by atoms with Crippen LogP contribution in [0.2, 0.25) is 0 Å². The summed E-state index contributed by atoms with van der Waals surface area (Å²) in [6.07, 6.45) is 6.17. The van der Waals surface area contributed by atoms with E-state index in [2.05, 4.69) is 10.3 Å². The van der Waals surface area contributed by atoms with Gasteiger partial charge in [0.05, 0.1) is 5.52 Å². The van der Waals surface area contributed by atoms with Gasteiger partial charge in [0.1, 0.15) is 5.54 Å². The van der Waals surface area contributed by atoms with E-state index in [0.717, 1.165) is 52.5 Å². The Morgan fingerprint density at radius 1 is 1.07 bits per heavy atom. The van der Waals surface area contributed by atoms with Crippen LogP contribution in [0.1, 0.15) is 53.6 Å². The lowest BCUT2D eigenvalue weighted by atomic mass is 9.79. The number of hydrogen-bond donors (Lipinski definition) is 1. The fourth-order valence-electron chi connectivity index (χ4n) is 4.99. The number of pyridine rings is 1. The summed E-state index contributed by atoms with van der Waals surface area (Å²) in [5.74, 6) is -0.0993. The van der Waals surface area contributed by atoms with E-state index in [1.807, 2.05) is 60.4 Å². The van der Waals surface area contributed by atoms with E-state index in [-0.39, 0.29) is 11.8 Å². The minimum absolute atomic E-state index is 0.0199. The van der Waals surface area contributed by atoms with Crippen molar-refractivity contribution in [1.82, 2.24) is 9.88 Å². The molecule has 0 radical (unpaired) electrons. The van der Waals surface area contributed by atoms with E-state index < -0.39 is 5.54 Å². The number of carbonyl (C=O) groups excluding carboxylic acids is 2. The summed E-state index contributed by atoms with van der Waals surface area (Å²) in [4.78, 5) is 33.2. The topological polar surface area (TPSA) is 62.3 Å². The van der Waals surface area contributed by atoms with Crippen LogP contribution in [-0.4, -0.2) is 27.2 Å². The van der Waals surface area contributed by atoms with Gasteiger partial charge in [-0.3, -0.25) is 14.6 Å². The average Bonchev–Trinajstić information content (AvgIpc) is 3.12. The molecule has 0 atom stereocenters. The molecule has 30 heavy (non-hydrogen) atoms. The predicted molar refractivity (Wildman–Crippen MR) is 117 cm³/mol. The van der Waals surface area contributed by atoms with Gasteiger partial charge in [-0.25, -0.2) is 0 Å². The van der Waals surface area contributed by atoms with Crippen molar-refractivity contribution in [3.8, 4) is 0 Å². The largest absolute Gasteiger partial charge is 0.324 e. The van der Waals surface area contributed by atoms with Crippen LogP contribution in [-0.2, 0) is 11.3 Å². The molecule has 2 amide bonds. The second-order valence-electron chi connectivity index (χ2n) is 8.45. The quantitative estimate of drug-likeness (QED) is 0.685. The average molecular weight is 399 g/mol. The highest BCUT2D eigenvalue weighted by Gasteiger charge is 2.49. The Balaban J connectivity index is 1.48. The van der Waals surface area contributed by atoms with Gasteiger partial charge in [-0.05, 0) is 61.2 Å². The van der Waals surface area contributed by atoms with E-state index in [0.29, 0.717) is 19.4 Å². The molecule has 0 unspecified atom stereocenters. The van der Waals surface area contributed by atoms with Gasteiger partial charge in [0.15, 0.2) is 0 Å². The second kappa shape index (κ2) is 7.24. The van der Waals surface area contributed by atoms with Gasteiger partial charge in [0, 0.05) is 29.4 Å². The first-order chi connectivity index (χ1) is 14.6. The zero-order chi connectivity index (χ0) is 20.7. The summed E-state index contributed by atoms with van der Waals surface area (Å²) in [7, 11) is 0. The fourth-order valence-corrected chi connectivity index (χ4v) is 4.99. The SMILES string of the molecule is Cc1cccc2c1CN(C1(C(=O)Nc3ccc4ncccc4c3)CCCCC1)C2=O. The number of nitrogens with zero attached hydrogens (tertiary/aromatic N) is 2.